The van der Waals surface area contributed by atoms with E-state index in [1.165, 1.54) is 6.33 Å². The number of hydrogen-bond donors (Lipinski definition) is 1. The fourth-order valence-electron chi connectivity index (χ4n) is 1.70. The van der Waals surface area contributed by atoms with Crippen LogP contribution in [0.1, 0.15) is 37.3 Å². The van der Waals surface area contributed by atoms with Gasteiger partial charge >= 0.3 is 0 Å². The molecule has 1 unspecified atom stereocenters. The number of carbonyl (C=O) groups is 1. The summed E-state index contributed by atoms with van der Waals surface area (Å²) in [6.07, 6.45) is 4.90. The standard InChI is InChI=1S/C12H18N6O/c1-9(2)18-5-4-11(16-18)12(19)15-10(3)6-17-8-13-7-14-17/h4-5,7-10H,6H2,1-3H3,(H,15,19). The highest BCUT2D eigenvalue weighted by Gasteiger charge is 2.13. The molecule has 0 bridgehead atoms. The molecular formula is C12H18N6O. The highest BCUT2D eigenvalue weighted by Crippen LogP contribution is 2.04. The van der Waals surface area contributed by atoms with E-state index in [2.05, 4.69) is 20.5 Å². The first kappa shape index (κ1) is 13.3. The van der Waals surface area contributed by atoms with E-state index >= 15 is 0 Å². The van der Waals surface area contributed by atoms with Gasteiger partial charge in [-0.2, -0.15) is 10.2 Å². The van der Waals surface area contributed by atoms with E-state index < -0.39 is 0 Å². The molecule has 102 valence electrons. The lowest BCUT2D eigenvalue weighted by Crippen LogP contribution is -2.36. The van der Waals surface area contributed by atoms with Crippen LogP contribution in [-0.4, -0.2) is 36.5 Å². The molecule has 2 aromatic heterocycles. The number of carbonyl (C=O) groups excluding carboxylic acids is 1. The fraction of sp³-hybridized carbons (Fsp3) is 0.500. The number of rotatable bonds is 5. The van der Waals surface area contributed by atoms with Crippen LogP contribution in [0.2, 0.25) is 0 Å². The Morgan fingerprint density at radius 1 is 1.42 bits per heavy atom. The second-order valence-corrected chi connectivity index (χ2v) is 4.77. The molecule has 1 amide bonds. The zero-order valence-electron chi connectivity index (χ0n) is 11.3. The lowest BCUT2D eigenvalue weighted by Gasteiger charge is -2.12. The van der Waals surface area contributed by atoms with Crippen LogP contribution in [0.3, 0.4) is 0 Å². The molecule has 2 heterocycles. The van der Waals surface area contributed by atoms with Crippen molar-refractivity contribution in [1.29, 1.82) is 0 Å². The smallest absolute Gasteiger partial charge is 0.272 e. The first-order valence-electron chi connectivity index (χ1n) is 6.24. The summed E-state index contributed by atoms with van der Waals surface area (Å²) in [4.78, 5) is 15.8. The van der Waals surface area contributed by atoms with Crippen molar-refractivity contribution in [3.63, 3.8) is 0 Å². The average Bonchev–Trinajstić information content (AvgIpc) is 2.98. The fourth-order valence-corrected chi connectivity index (χ4v) is 1.70. The summed E-state index contributed by atoms with van der Waals surface area (Å²) in [5, 5.41) is 11.1. The molecule has 0 saturated carbocycles. The molecule has 0 aliphatic rings. The molecule has 1 atom stereocenters. The van der Waals surface area contributed by atoms with Crippen LogP contribution in [0.25, 0.3) is 0 Å². The van der Waals surface area contributed by atoms with Crippen molar-refractivity contribution < 1.29 is 4.79 Å². The quantitative estimate of drug-likeness (QED) is 0.867. The van der Waals surface area contributed by atoms with Crippen molar-refractivity contribution in [2.75, 3.05) is 0 Å². The van der Waals surface area contributed by atoms with Crippen molar-refractivity contribution in [3.05, 3.63) is 30.6 Å². The molecule has 2 aromatic rings. The van der Waals surface area contributed by atoms with Gasteiger partial charge in [-0.3, -0.25) is 14.2 Å². The van der Waals surface area contributed by atoms with Gasteiger partial charge < -0.3 is 5.32 Å². The van der Waals surface area contributed by atoms with Crippen LogP contribution >= 0.6 is 0 Å². The predicted octanol–water partition coefficient (Wildman–Crippen LogP) is 0.874. The van der Waals surface area contributed by atoms with Crippen LogP contribution in [0.4, 0.5) is 0 Å². The number of hydrogen-bond acceptors (Lipinski definition) is 4. The Hall–Kier alpha value is -2.18. The molecule has 0 saturated heterocycles. The Bertz CT molecular complexity index is 530. The second-order valence-electron chi connectivity index (χ2n) is 4.77. The Morgan fingerprint density at radius 3 is 2.79 bits per heavy atom. The molecule has 0 fully saturated rings. The molecule has 1 N–H and O–H groups in total. The van der Waals surface area contributed by atoms with E-state index in [0.29, 0.717) is 12.2 Å². The minimum Gasteiger partial charge on any atom is -0.346 e. The number of amides is 1. The third-order valence-corrected chi connectivity index (χ3v) is 2.68. The lowest BCUT2D eigenvalue weighted by atomic mass is 10.3. The topological polar surface area (TPSA) is 77.6 Å². The molecule has 0 spiro atoms. The van der Waals surface area contributed by atoms with E-state index in [9.17, 15) is 4.79 Å². The average molecular weight is 262 g/mol. The summed E-state index contributed by atoms with van der Waals surface area (Å²) in [7, 11) is 0. The van der Waals surface area contributed by atoms with Gasteiger partial charge in [0.25, 0.3) is 5.91 Å². The largest absolute Gasteiger partial charge is 0.346 e. The van der Waals surface area contributed by atoms with Gasteiger partial charge in [0.2, 0.25) is 0 Å². The van der Waals surface area contributed by atoms with Crippen LogP contribution in [0.15, 0.2) is 24.9 Å². The maximum Gasteiger partial charge on any atom is 0.272 e. The van der Waals surface area contributed by atoms with Crippen LogP contribution in [-0.2, 0) is 6.54 Å². The van der Waals surface area contributed by atoms with Crippen molar-refractivity contribution >= 4 is 5.91 Å². The summed E-state index contributed by atoms with van der Waals surface area (Å²) in [6.45, 7) is 6.53. The number of nitrogens with one attached hydrogen (secondary N) is 1. The molecule has 7 nitrogen and oxygen atoms in total. The molecular weight excluding hydrogens is 244 g/mol. The van der Waals surface area contributed by atoms with Crippen molar-refractivity contribution in [2.24, 2.45) is 0 Å². The zero-order chi connectivity index (χ0) is 13.8. The number of aromatic nitrogens is 5. The molecule has 0 aliphatic heterocycles. The van der Waals surface area contributed by atoms with Gasteiger partial charge in [0.1, 0.15) is 18.3 Å². The van der Waals surface area contributed by atoms with E-state index in [0.717, 1.165) is 0 Å². The Labute approximate surface area is 111 Å². The molecule has 0 aromatic carbocycles. The van der Waals surface area contributed by atoms with Crippen LogP contribution in [0.5, 0.6) is 0 Å². The SMILES string of the molecule is CC(Cn1cncn1)NC(=O)c1ccn(C(C)C)n1. The summed E-state index contributed by atoms with van der Waals surface area (Å²) >= 11 is 0. The first-order chi connectivity index (χ1) is 9.06. The molecule has 0 aliphatic carbocycles. The van der Waals surface area contributed by atoms with Crippen molar-refractivity contribution in [3.8, 4) is 0 Å². The van der Waals surface area contributed by atoms with Gasteiger partial charge in [-0.05, 0) is 26.8 Å². The maximum atomic E-state index is 12.0. The maximum absolute atomic E-state index is 12.0. The van der Waals surface area contributed by atoms with Gasteiger partial charge in [-0.1, -0.05) is 0 Å². The summed E-state index contributed by atoms with van der Waals surface area (Å²) < 4.78 is 3.44. The van der Waals surface area contributed by atoms with Crippen molar-refractivity contribution in [2.45, 2.75) is 39.4 Å². The van der Waals surface area contributed by atoms with Gasteiger partial charge in [0.15, 0.2) is 0 Å². The summed E-state index contributed by atoms with van der Waals surface area (Å²) in [6, 6.07) is 1.92. The first-order valence-corrected chi connectivity index (χ1v) is 6.24. The highest BCUT2D eigenvalue weighted by atomic mass is 16.2. The zero-order valence-corrected chi connectivity index (χ0v) is 11.3. The minimum atomic E-state index is -0.174. The van der Waals surface area contributed by atoms with Gasteiger partial charge in [0.05, 0.1) is 6.54 Å². The van der Waals surface area contributed by atoms with Gasteiger partial charge in [-0.25, -0.2) is 4.98 Å². The third kappa shape index (κ3) is 3.40. The predicted molar refractivity (Wildman–Crippen MR) is 69.6 cm³/mol. The number of nitrogens with zero attached hydrogens (tertiary/aromatic N) is 5. The van der Waals surface area contributed by atoms with E-state index in [4.69, 9.17) is 0 Å². The highest BCUT2D eigenvalue weighted by molar-refractivity contribution is 5.92. The van der Waals surface area contributed by atoms with Crippen molar-refractivity contribution in [1.82, 2.24) is 29.9 Å². The van der Waals surface area contributed by atoms with E-state index in [1.807, 2.05) is 27.0 Å². The molecule has 19 heavy (non-hydrogen) atoms. The Balaban J connectivity index is 1.92. The Morgan fingerprint density at radius 2 is 2.21 bits per heavy atom. The minimum absolute atomic E-state index is 0.0431. The van der Waals surface area contributed by atoms with Gasteiger partial charge in [-0.15, -0.1) is 0 Å². The molecule has 0 radical (unpaired) electrons. The normalized spacial score (nSPS) is 12.6. The monoisotopic (exact) mass is 262 g/mol. The van der Waals surface area contributed by atoms with Gasteiger partial charge in [0, 0.05) is 18.3 Å². The molecule has 2 rings (SSSR count). The van der Waals surface area contributed by atoms with E-state index in [1.54, 1.807) is 21.8 Å². The lowest BCUT2D eigenvalue weighted by molar-refractivity contribution is 0.0930. The summed E-state index contributed by atoms with van der Waals surface area (Å²) in [5.74, 6) is -0.174. The summed E-state index contributed by atoms with van der Waals surface area (Å²) in [5.41, 5.74) is 0.430. The van der Waals surface area contributed by atoms with Crippen LogP contribution in [0, 0.1) is 0 Å². The third-order valence-electron chi connectivity index (χ3n) is 2.68. The Kier molecular flexibility index (Phi) is 3.94. The van der Waals surface area contributed by atoms with Crippen LogP contribution < -0.4 is 5.32 Å². The molecule has 7 heteroatoms. The second kappa shape index (κ2) is 5.64. The van der Waals surface area contributed by atoms with E-state index in [-0.39, 0.29) is 18.0 Å².